The van der Waals surface area contributed by atoms with Crippen LogP contribution in [-0.4, -0.2) is 39.3 Å². The lowest BCUT2D eigenvalue weighted by Crippen LogP contribution is -2.41. The highest BCUT2D eigenvalue weighted by atomic mass is 35.5. The first-order valence-electron chi connectivity index (χ1n) is 8.08. The molecule has 1 aromatic carbocycles. The van der Waals surface area contributed by atoms with E-state index in [-0.39, 0.29) is 11.2 Å². The number of carbonyl (C=O) groups is 1. The molecule has 1 aliphatic heterocycles. The first-order chi connectivity index (χ1) is 11.5. The largest absolute Gasteiger partial charge is 0.411 e. The molecule has 1 unspecified atom stereocenters. The molecule has 1 atom stereocenters. The van der Waals surface area contributed by atoms with Crippen molar-refractivity contribution in [3.63, 3.8) is 0 Å². The van der Waals surface area contributed by atoms with E-state index in [0.29, 0.717) is 22.1 Å². The lowest BCUT2D eigenvalue weighted by Gasteiger charge is -2.31. The van der Waals surface area contributed by atoms with Crippen molar-refractivity contribution in [1.82, 2.24) is 15.1 Å². The van der Waals surface area contributed by atoms with Gasteiger partial charge in [0.1, 0.15) is 0 Å². The molecule has 0 N–H and O–H groups in total. The van der Waals surface area contributed by atoms with Crippen LogP contribution in [0, 0.1) is 5.92 Å². The Labute approximate surface area is 150 Å². The van der Waals surface area contributed by atoms with Crippen molar-refractivity contribution in [1.29, 1.82) is 0 Å². The minimum absolute atomic E-state index is 0.134. The van der Waals surface area contributed by atoms with Crippen LogP contribution in [-0.2, 0) is 4.79 Å². The summed E-state index contributed by atoms with van der Waals surface area (Å²) < 4.78 is 5.66. The van der Waals surface area contributed by atoms with E-state index in [1.165, 1.54) is 11.8 Å². The lowest BCUT2D eigenvalue weighted by atomic mass is 9.99. The maximum absolute atomic E-state index is 12.5. The lowest BCUT2D eigenvalue weighted by molar-refractivity contribution is -0.131. The van der Waals surface area contributed by atoms with Gasteiger partial charge in [-0.25, -0.2) is 0 Å². The minimum atomic E-state index is -0.244. The fraction of sp³-hybridized carbons (Fsp3) is 0.471. The Bertz CT molecular complexity index is 713. The van der Waals surface area contributed by atoms with Crippen LogP contribution in [0.2, 0.25) is 5.02 Å². The van der Waals surface area contributed by atoms with Gasteiger partial charge in [-0.3, -0.25) is 4.79 Å². The van der Waals surface area contributed by atoms with Crippen molar-refractivity contribution in [3.05, 3.63) is 29.3 Å². The van der Waals surface area contributed by atoms with Gasteiger partial charge in [0.15, 0.2) is 0 Å². The predicted molar refractivity (Wildman–Crippen MR) is 95.0 cm³/mol. The summed E-state index contributed by atoms with van der Waals surface area (Å²) in [5, 5.41) is 8.84. The molecule has 0 bridgehead atoms. The third kappa shape index (κ3) is 4.11. The van der Waals surface area contributed by atoms with E-state index in [9.17, 15) is 4.79 Å². The molecule has 128 valence electrons. The van der Waals surface area contributed by atoms with E-state index in [4.69, 9.17) is 16.0 Å². The Hall–Kier alpha value is -1.53. The summed E-state index contributed by atoms with van der Waals surface area (Å²) in [6.07, 6.45) is 2.14. The highest BCUT2D eigenvalue weighted by Crippen LogP contribution is 2.28. The van der Waals surface area contributed by atoms with E-state index < -0.39 is 0 Å². The molecule has 0 saturated carbocycles. The molecule has 0 radical (unpaired) electrons. The summed E-state index contributed by atoms with van der Waals surface area (Å²) in [5.41, 5.74) is 0.769. The van der Waals surface area contributed by atoms with Crippen LogP contribution in [0.25, 0.3) is 11.5 Å². The molecule has 24 heavy (non-hydrogen) atoms. The topological polar surface area (TPSA) is 59.2 Å². The van der Waals surface area contributed by atoms with E-state index in [1.807, 2.05) is 24.0 Å². The summed E-state index contributed by atoms with van der Waals surface area (Å²) >= 11 is 7.28. The number of rotatable bonds is 4. The second-order valence-electron chi connectivity index (χ2n) is 6.15. The first-order valence-corrected chi connectivity index (χ1v) is 9.33. The molecule has 3 rings (SSSR count). The highest BCUT2D eigenvalue weighted by molar-refractivity contribution is 8.00. The fourth-order valence-corrected chi connectivity index (χ4v) is 3.64. The average molecular weight is 366 g/mol. The Kier molecular flexibility index (Phi) is 5.46. The molecule has 2 aromatic rings. The number of thioether (sulfide) groups is 1. The van der Waals surface area contributed by atoms with Crippen LogP contribution in [0.4, 0.5) is 0 Å². The van der Waals surface area contributed by atoms with Crippen LogP contribution < -0.4 is 0 Å². The summed E-state index contributed by atoms with van der Waals surface area (Å²) in [6.45, 7) is 5.79. The number of halogens is 1. The van der Waals surface area contributed by atoms with E-state index >= 15 is 0 Å². The summed E-state index contributed by atoms with van der Waals surface area (Å²) in [5.74, 6) is 1.24. The summed E-state index contributed by atoms with van der Waals surface area (Å²) in [4.78, 5) is 14.5. The van der Waals surface area contributed by atoms with Crippen LogP contribution >= 0.6 is 23.4 Å². The average Bonchev–Trinajstić information content (AvgIpc) is 3.03. The second kappa shape index (κ2) is 7.57. The van der Waals surface area contributed by atoms with Gasteiger partial charge < -0.3 is 9.32 Å². The summed E-state index contributed by atoms with van der Waals surface area (Å²) in [7, 11) is 0. The first kappa shape index (κ1) is 17.3. The van der Waals surface area contributed by atoms with Crippen molar-refractivity contribution in [2.45, 2.75) is 37.2 Å². The van der Waals surface area contributed by atoms with E-state index in [2.05, 4.69) is 17.1 Å². The molecule has 5 nitrogen and oxygen atoms in total. The number of hydrogen-bond acceptors (Lipinski definition) is 5. The Morgan fingerprint density at radius 1 is 1.38 bits per heavy atom. The number of amides is 1. The zero-order chi connectivity index (χ0) is 17.1. The van der Waals surface area contributed by atoms with Crippen LogP contribution in [0.3, 0.4) is 0 Å². The van der Waals surface area contributed by atoms with Gasteiger partial charge in [-0.2, -0.15) is 0 Å². The van der Waals surface area contributed by atoms with Crippen LogP contribution in [0.5, 0.6) is 0 Å². The van der Waals surface area contributed by atoms with E-state index in [0.717, 1.165) is 31.5 Å². The molecule has 7 heteroatoms. The number of benzene rings is 1. The molecular weight excluding hydrogens is 346 g/mol. The Morgan fingerprint density at radius 3 is 2.83 bits per heavy atom. The Balaban J connectivity index is 1.63. The van der Waals surface area contributed by atoms with Crippen LogP contribution in [0.15, 0.2) is 33.9 Å². The Morgan fingerprint density at radius 2 is 2.12 bits per heavy atom. The highest BCUT2D eigenvalue weighted by Gasteiger charge is 2.26. The van der Waals surface area contributed by atoms with Gasteiger partial charge in [-0.05, 0) is 43.9 Å². The van der Waals surface area contributed by atoms with Crippen molar-refractivity contribution in [3.8, 4) is 11.5 Å². The van der Waals surface area contributed by atoms with Crippen molar-refractivity contribution < 1.29 is 9.21 Å². The maximum Gasteiger partial charge on any atom is 0.277 e. The molecule has 1 aromatic heterocycles. The molecular formula is C17H20ClN3O2S. The second-order valence-corrected chi connectivity index (χ2v) is 7.88. The quantitative estimate of drug-likeness (QED) is 0.762. The molecule has 0 aliphatic carbocycles. The molecule has 0 spiro atoms. The molecule has 1 aliphatic rings. The van der Waals surface area contributed by atoms with Gasteiger partial charge >= 0.3 is 0 Å². The number of piperidine rings is 1. The molecule has 1 amide bonds. The number of aromatic nitrogens is 2. The van der Waals surface area contributed by atoms with Crippen LogP contribution in [0.1, 0.15) is 26.7 Å². The fourth-order valence-electron chi connectivity index (χ4n) is 2.68. The van der Waals surface area contributed by atoms with Crippen molar-refractivity contribution in [2.75, 3.05) is 13.1 Å². The zero-order valence-corrected chi connectivity index (χ0v) is 15.3. The number of hydrogen-bond donors (Lipinski definition) is 0. The van der Waals surface area contributed by atoms with Gasteiger partial charge in [0, 0.05) is 23.7 Å². The van der Waals surface area contributed by atoms with Gasteiger partial charge in [0.05, 0.1) is 5.25 Å². The predicted octanol–water partition coefficient (Wildman–Crippen LogP) is 4.13. The van der Waals surface area contributed by atoms with Crippen molar-refractivity contribution >= 4 is 29.3 Å². The smallest absolute Gasteiger partial charge is 0.277 e. The normalized spacial score (nSPS) is 17.0. The number of nitrogens with zero attached hydrogens (tertiary/aromatic N) is 3. The third-order valence-corrected chi connectivity index (χ3v) is 5.36. The van der Waals surface area contributed by atoms with E-state index in [1.54, 1.807) is 12.1 Å². The zero-order valence-electron chi connectivity index (χ0n) is 13.7. The third-order valence-electron chi connectivity index (χ3n) is 4.20. The van der Waals surface area contributed by atoms with Gasteiger partial charge in [0.2, 0.25) is 11.8 Å². The van der Waals surface area contributed by atoms with Crippen molar-refractivity contribution in [2.24, 2.45) is 5.92 Å². The SMILES string of the molecule is CC1CCN(C(=O)C(C)Sc2nnc(-c3cccc(Cl)c3)o2)CC1. The number of likely N-dealkylation sites (tertiary alicyclic amines) is 1. The number of carbonyl (C=O) groups excluding carboxylic acids is 1. The molecule has 2 heterocycles. The van der Waals surface area contributed by atoms with Gasteiger partial charge in [0.25, 0.3) is 5.22 Å². The monoisotopic (exact) mass is 365 g/mol. The maximum atomic E-state index is 12.5. The standard InChI is InChI=1S/C17H20ClN3O2S/c1-11-6-8-21(9-7-11)16(22)12(2)24-17-20-19-15(23-17)13-4-3-5-14(18)10-13/h3-5,10-12H,6-9H2,1-2H3. The molecule has 1 fully saturated rings. The van der Waals surface area contributed by atoms with Gasteiger partial charge in [-0.15, -0.1) is 10.2 Å². The summed E-state index contributed by atoms with van der Waals surface area (Å²) in [6, 6.07) is 7.25. The minimum Gasteiger partial charge on any atom is -0.411 e. The molecule has 1 saturated heterocycles. The van der Waals surface area contributed by atoms with Gasteiger partial charge in [-0.1, -0.05) is 36.4 Å².